The highest BCUT2D eigenvalue weighted by Gasteiger charge is 2.39. The van der Waals surface area contributed by atoms with Crippen molar-refractivity contribution in [1.82, 2.24) is 4.57 Å². The molecule has 1 aromatic carbocycles. The van der Waals surface area contributed by atoms with E-state index in [1.54, 1.807) is 6.07 Å². The van der Waals surface area contributed by atoms with Gasteiger partial charge < -0.3 is 14.8 Å². The first-order valence-electron chi connectivity index (χ1n) is 8.72. The van der Waals surface area contributed by atoms with Gasteiger partial charge in [0, 0.05) is 23.9 Å². The number of nitrogens with zero attached hydrogens (tertiary/aromatic N) is 1. The zero-order valence-corrected chi connectivity index (χ0v) is 14.1. The Labute approximate surface area is 142 Å². The Morgan fingerprint density at radius 2 is 1.92 bits per heavy atom. The van der Waals surface area contributed by atoms with Crippen LogP contribution in [0, 0.1) is 0 Å². The summed E-state index contributed by atoms with van der Waals surface area (Å²) in [6, 6.07) is 11.7. The van der Waals surface area contributed by atoms with E-state index in [0.717, 1.165) is 44.2 Å². The maximum atomic E-state index is 11.3. The number of hydrogen-bond donors (Lipinski definition) is 2. The van der Waals surface area contributed by atoms with E-state index in [1.165, 1.54) is 5.69 Å². The summed E-state index contributed by atoms with van der Waals surface area (Å²) in [7, 11) is 0. The van der Waals surface area contributed by atoms with Gasteiger partial charge >= 0.3 is 5.97 Å². The van der Waals surface area contributed by atoms with Gasteiger partial charge in [0.05, 0.1) is 0 Å². The first-order chi connectivity index (χ1) is 11.6. The Bertz CT molecular complexity index is 713. The first kappa shape index (κ1) is 16.8. The topological polar surface area (TPSA) is 62.5 Å². The van der Waals surface area contributed by atoms with E-state index < -0.39 is 12.1 Å². The molecule has 1 aliphatic rings. The first-order valence-corrected chi connectivity index (χ1v) is 8.72. The van der Waals surface area contributed by atoms with Gasteiger partial charge in [-0.15, -0.1) is 0 Å². The fourth-order valence-corrected chi connectivity index (χ4v) is 4.21. The smallest absolute Gasteiger partial charge is 0.337 e. The lowest BCUT2D eigenvalue weighted by molar-refractivity contribution is -0.147. The van der Waals surface area contributed by atoms with Crippen molar-refractivity contribution < 1.29 is 15.0 Å². The van der Waals surface area contributed by atoms with Gasteiger partial charge in [0.1, 0.15) is 0 Å². The maximum Gasteiger partial charge on any atom is 0.337 e. The van der Waals surface area contributed by atoms with Crippen LogP contribution >= 0.6 is 0 Å². The van der Waals surface area contributed by atoms with Crippen LogP contribution in [0.25, 0.3) is 0 Å². The van der Waals surface area contributed by atoms with Crippen molar-refractivity contribution in [3.8, 4) is 0 Å². The molecule has 0 spiro atoms. The monoisotopic (exact) mass is 327 g/mol. The number of aryl methyl sites for hydroxylation is 1. The van der Waals surface area contributed by atoms with E-state index in [0.29, 0.717) is 5.56 Å². The van der Waals surface area contributed by atoms with Crippen LogP contribution in [0.4, 0.5) is 0 Å². The third-order valence-corrected chi connectivity index (χ3v) is 5.41. The van der Waals surface area contributed by atoms with Gasteiger partial charge in [-0.3, -0.25) is 0 Å². The van der Waals surface area contributed by atoms with E-state index in [2.05, 4.69) is 29.8 Å². The summed E-state index contributed by atoms with van der Waals surface area (Å²) in [6.45, 7) is 3.06. The summed E-state index contributed by atoms with van der Waals surface area (Å²) in [4.78, 5) is 11.3. The van der Waals surface area contributed by atoms with E-state index in [4.69, 9.17) is 0 Å². The molecular weight excluding hydrogens is 302 g/mol. The summed E-state index contributed by atoms with van der Waals surface area (Å²) in [5, 5.41) is 19.4. The Kier molecular flexibility index (Phi) is 4.76. The Morgan fingerprint density at radius 1 is 1.21 bits per heavy atom. The highest BCUT2D eigenvalue weighted by Crippen LogP contribution is 2.46. The van der Waals surface area contributed by atoms with E-state index in [1.807, 2.05) is 18.2 Å². The summed E-state index contributed by atoms with van der Waals surface area (Å²) >= 11 is 0. The quantitative estimate of drug-likeness (QED) is 0.851. The molecule has 0 amide bonds. The Hall–Kier alpha value is -2.07. The van der Waals surface area contributed by atoms with Crippen molar-refractivity contribution >= 4 is 5.97 Å². The predicted octanol–water partition coefficient (Wildman–Crippen LogP) is 3.68. The van der Waals surface area contributed by atoms with Gasteiger partial charge in [0.15, 0.2) is 6.10 Å². The zero-order valence-electron chi connectivity index (χ0n) is 14.1. The van der Waals surface area contributed by atoms with Crippen LogP contribution in [0.1, 0.15) is 55.5 Å². The van der Waals surface area contributed by atoms with Crippen molar-refractivity contribution in [2.75, 3.05) is 0 Å². The fourth-order valence-electron chi connectivity index (χ4n) is 4.21. The van der Waals surface area contributed by atoms with Gasteiger partial charge in [0.25, 0.3) is 0 Å². The molecular formula is C20H25NO3. The van der Waals surface area contributed by atoms with Crippen LogP contribution < -0.4 is 0 Å². The molecule has 3 rings (SSSR count). The number of benzene rings is 1. The molecule has 1 saturated carbocycles. The SMILES string of the molecule is CCn1cccc1CC1(c2ccccc2C(O)C(=O)O)CCCC1. The number of carboxylic acid groups (broad SMARTS) is 1. The Morgan fingerprint density at radius 3 is 2.58 bits per heavy atom. The van der Waals surface area contributed by atoms with Crippen LogP contribution in [0.3, 0.4) is 0 Å². The molecule has 128 valence electrons. The maximum absolute atomic E-state index is 11.3. The minimum absolute atomic E-state index is 0.0850. The van der Waals surface area contributed by atoms with Gasteiger partial charge in [0.2, 0.25) is 0 Å². The number of carboxylic acids is 1. The molecule has 4 nitrogen and oxygen atoms in total. The predicted molar refractivity (Wildman–Crippen MR) is 93.0 cm³/mol. The molecule has 2 aromatic rings. The van der Waals surface area contributed by atoms with Crippen LogP contribution in [0.5, 0.6) is 0 Å². The van der Waals surface area contributed by atoms with Gasteiger partial charge in [-0.25, -0.2) is 4.79 Å². The molecule has 1 fully saturated rings. The molecule has 1 aromatic heterocycles. The normalized spacial score (nSPS) is 17.8. The number of aromatic nitrogens is 1. The molecule has 1 heterocycles. The molecule has 0 aliphatic heterocycles. The standard InChI is InChI=1S/C20H25NO3/c1-2-21-13-7-8-15(21)14-20(11-5-6-12-20)17-10-4-3-9-16(17)18(22)19(23)24/h3-4,7-10,13,18,22H,2,5-6,11-12,14H2,1H3,(H,23,24). The number of rotatable bonds is 6. The third kappa shape index (κ3) is 2.98. The minimum Gasteiger partial charge on any atom is -0.479 e. The van der Waals surface area contributed by atoms with Crippen LogP contribution in [0.15, 0.2) is 42.6 Å². The zero-order chi connectivity index (χ0) is 17.2. The highest BCUT2D eigenvalue weighted by atomic mass is 16.4. The van der Waals surface area contributed by atoms with Crippen molar-refractivity contribution in [2.45, 2.75) is 57.1 Å². The second-order valence-electron chi connectivity index (χ2n) is 6.78. The van der Waals surface area contributed by atoms with Crippen molar-refractivity contribution in [1.29, 1.82) is 0 Å². The fraction of sp³-hybridized carbons (Fsp3) is 0.450. The summed E-state index contributed by atoms with van der Waals surface area (Å²) < 4.78 is 2.25. The lowest BCUT2D eigenvalue weighted by Crippen LogP contribution is -2.29. The molecule has 1 atom stereocenters. The third-order valence-electron chi connectivity index (χ3n) is 5.41. The molecule has 24 heavy (non-hydrogen) atoms. The molecule has 2 N–H and O–H groups in total. The number of aliphatic carboxylic acids is 1. The van der Waals surface area contributed by atoms with E-state index in [9.17, 15) is 15.0 Å². The van der Waals surface area contributed by atoms with E-state index in [-0.39, 0.29) is 5.41 Å². The second kappa shape index (κ2) is 6.81. The Balaban J connectivity index is 2.04. The van der Waals surface area contributed by atoms with Crippen LogP contribution in [0.2, 0.25) is 0 Å². The average Bonchev–Trinajstić information content (AvgIpc) is 3.24. The molecule has 1 aliphatic carbocycles. The lowest BCUT2D eigenvalue weighted by atomic mass is 9.72. The second-order valence-corrected chi connectivity index (χ2v) is 6.78. The van der Waals surface area contributed by atoms with Crippen molar-refractivity contribution in [3.63, 3.8) is 0 Å². The summed E-state index contributed by atoms with van der Waals surface area (Å²) in [5.41, 5.74) is 2.74. The van der Waals surface area contributed by atoms with Crippen molar-refractivity contribution in [2.24, 2.45) is 0 Å². The molecule has 0 radical (unpaired) electrons. The van der Waals surface area contributed by atoms with Gasteiger partial charge in [-0.05, 0) is 49.4 Å². The molecule has 0 bridgehead atoms. The number of aliphatic hydroxyl groups is 1. The van der Waals surface area contributed by atoms with E-state index >= 15 is 0 Å². The molecule has 0 saturated heterocycles. The number of hydrogen-bond acceptors (Lipinski definition) is 2. The number of aliphatic hydroxyl groups excluding tert-OH is 1. The van der Waals surface area contributed by atoms with Crippen LogP contribution in [-0.2, 0) is 23.2 Å². The van der Waals surface area contributed by atoms with Gasteiger partial charge in [-0.2, -0.15) is 0 Å². The van der Waals surface area contributed by atoms with Crippen LogP contribution in [-0.4, -0.2) is 20.7 Å². The number of carbonyl (C=O) groups is 1. The molecule has 1 unspecified atom stereocenters. The summed E-state index contributed by atoms with van der Waals surface area (Å²) in [5.74, 6) is -1.19. The molecule has 4 heteroatoms. The largest absolute Gasteiger partial charge is 0.479 e. The highest BCUT2D eigenvalue weighted by molar-refractivity contribution is 5.74. The van der Waals surface area contributed by atoms with Gasteiger partial charge in [-0.1, -0.05) is 37.1 Å². The minimum atomic E-state index is -1.46. The lowest BCUT2D eigenvalue weighted by Gasteiger charge is -2.33. The summed E-state index contributed by atoms with van der Waals surface area (Å²) in [6.07, 6.45) is 5.87. The average molecular weight is 327 g/mol. The van der Waals surface area contributed by atoms with Crippen molar-refractivity contribution in [3.05, 3.63) is 59.4 Å².